The molecule has 0 rings (SSSR count). The molecule has 0 aliphatic rings. The first kappa shape index (κ1) is 20.3. The number of carbonyl (C=O) groups is 1. The van der Waals surface area contributed by atoms with Crippen LogP contribution in [0.4, 0.5) is 0 Å². The molecule has 6 nitrogen and oxygen atoms in total. The number of carbonyl (C=O) groups excluding carboxylic acids is 1. The molecule has 0 radical (unpaired) electrons. The van der Waals surface area contributed by atoms with E-state index in [0.29, 0.717) is 13.0 Å². The van der Waals surface area contributed by atoms with Crippen LogP contribution in [0.3, 0.4) is 0 Å². The minimum Gasteiger partial charge on any atom is -0.350 e. The second-order valence-electron chi connectivity index (χ2n) is 5.65. The van der Waals surface area contributed by atoms with E-state index in [-0.39, 0.29) is 17.6 Å². The molecule has 0 unspecified atom stereocenters. The largest absolute Gasteiger partial charge is 0.350 e. The molecule has 0 spiro atoms. The van der Waals surface area contributed by atoms with Crippen molar-refractivity contribution in [2.24, 2.45) is 5.92 Å². The van der Waals surface area contributed by atoms with Gasteiger partial charge in [-0.25, -0.2) is 0 Å². The molecule has 1 amide bonds. The third kappa shape index (κ3) is 7.78. The Morgan fingerprint density at radius 1 is 1.19 bits per heavy atom. The summed E-state index contributed by atoms with van der Waals surface area (Å²) >= 11 is 0. The smallest absolute Gasteiger partial charge is 0.267 e. The molecular weight excluding hydrogens is 292 g/mol. The van der Waals surface area contributed by atoms with Crippen molar-refractivity contribution in [1.29, 1.82) is 0 Å². The summed E-state index contributed by atoms with van der Waals surface area (Å²) < 4.78 is 28.0. The molecule has 0 saturated heterocycles. The molecule has 0 bridgehead atoms. The van der Waals surface area contributed by atoms with E-state index in [1.807, 2.05) is 13.8 Å². The van der Waals surface area contributed by atoms with Gasteiger partial charge >= 0.3 is 0 Å². The highest BCUT2D eigenvalue weighted by Gasteiger charge is 2.24. The number of rotatable bonds is 11. The molecule has 0 atom stereocenters. The van der Waals surface area contributed by atoms with Gasteiger partial charge in [0.1, 0.15) is 0 Å². The van der Waals surface area contributed by atoms with Crippen molar-refractivity contribution in [3.63, 3.8) is 0 Å². The first-order chi connectivity index (χ1) is 9.72. The maximum Gasteiger partial charge on any atom is 0.267 e. The van der Waals surface area contributed by atoms with Gasteiger partial charge in [-0.15, -0.1) is 0 Å². The fraction of sp³-hybridized carbons (Fsp3) is 0.929. The molecule has 126 valence electrons. The van der Waals surface area contributed by atoms with Gasteiger partial charge in [0, 0.05) is 12.3 Å². The van der Waals surface area contributed by atoms with Crippen LogP contribution in [-0.4, -0.2) is 64.4 Å². The topological polar surface area (TPSA) is 72.5 Å². The molecule has 0 fully saturated rings. The minimum atomic E-state index is -3.38. The van der Waals surface area contributed by atoms with Gasteiger partial charge < -0.3 is 9.80 Å². The van der Waals surface area contributed by atoms with Crippen molar-refractivity contribution in [1.82, 2.24) is 5.32 Å². The van der Waals surface area contributed by atoms with E-state index < -0.39 is 10.1 Å². The molecule has 0 aromatic heterocycles. The summed E-state index contributed by atoms with van der Waals surface area (Å²) in [5, 5.41) is 2.93. The van der Waals surface area contributed by atoms with Crippen molar-refractivity contribution >= 4 is 16.0 Å². The number of likely N-dealkylation sites (N-methyl/N-ethyl adjacent to an activating group) is 1. The van der Waals surface area contributed by atoms with Crippen molar-refractivity contribution in [3.05, 3.63) is 0 Å². The average molecular weight is 323 g/mol. The molecule has 0 aromatic carbocycles. The van der Waals surface area contributed by atoms with E-state index in [2.05, 4.69) is 23.3 Å². The van der Waals surface area contributed by atoms with E-state index in [1.165, 1.54) is 7.11 Å². The summed E-state index contributed by atoms with van der Waals surface area (Å²) in [6.45, 7) is 12.0. The minimum absolute atomic E-state index is 0.0120. The normalized spacial score (nSPS) is 12.7. The average Bonchev–Trinajstić information content (AvgIpc) is 2.45. The van der Waals surface area contributed by atoms with E-state index >= 15 is 0 Å². The van der Waals surface area contributed by atoms with Crippen LogP contribution < -0.4 is 5.32 Å². The predicted octanol–water partition coefficient (Wildman–Crippen LogP) is 0.982. The maximum absolute atomic E-state index is 11.6. The van der Waals surface area contributed by atoms with Crippen molar-refractivity contribution in [2.45, 2.75) is 34.1 Å². The second kappa shape index (κ2) is 9.38. The Morgan fingerprint density at radius 3 is 2.19 bits per heavy atom. The highest BCUT2D eigenvalue weighted by molar-refractivity contribution is 7.86. The van der Waals surface area contributed by atoms with Gasteiger partial charge in [-0.05, 0) is 13.8 Å². The highest BCUT2D eigenvalue weighted by atomic mass is 32.2. The Balaban J connectivity index is 4.39. The van der Waals surface area contributed by atoms with Crippen molar-refractivity contribution in [3.8, 4) is 0 Å². The van der Waals surface area contributed by atoms with Crippen LogP contribution in [0.2, 0.25) is 0 Å². The van der Waals surface area contributed by atoms with E-state index in [1.54, 1.807) is 0 Å². The Labute approximate surface area is 129 Å². The Bertz CT molecular complexity index is 403. The predicted molar refractivity (Wildman–Crippen MR) is 84.3 cm³/mol. The lowest BCUT2D eigenvalue weighted by atomic mass is 10.2. The van der Waals surface area contributed by atoms with Crippen LogP contribution in [0, 0.1) is 5.92 Å². The third-order valence-electron chi connectivity index (χ3n) is 4.03. The molecule has 0 saturated carbocycles. The SMILES string of the molecule is CC[N+](CC)(CCCS(=O)(=O)OC)CCNC(=O)C(C)C. The summed E-state index contributed by atoms with van der Waals surface area (Å²) in [4.78, 5) is 11.6. The quantitative estimate of drug-likeness (QED) is 0.454. The lowest BCUT2D eigenvalue weighted by Gasteiger charge is -2.37. The first-order valence-corrected chi connectivity index (χ1v) is 9.20. The molecule has 1 N–H and O–H groups in total. The molecule has 0 aliphatic carbocycles. The van der Waals surface area contributed by atoms with Crippen LogP contribution in [0.1, 0.15) is 34.1 Å². The zero-order chi connectivity index (χ0) is 16.5. The Kier molecular flexibility index (Phi) is 9.08. The number of hydrogen-bond donors (Lipinski definition) is 1. The van der Waals surface area contributed by atoms with Crippen LogP contribution in [0.25, 0.3) is 0 Å². The summed E-state index contributed by atoms with van der Waals surface area (Å²) in [6.07, 6.45) is 0.565. The van der Waals surface area contributed by atoms with Gasteiger partial charge in [0.05, 0.1) is 45.6 Å². The number of nitrogens with zero attached hydrogens (tertiary/aromatic N) is 1. The first-order valence-electron chi connectivity index (χ1n) is 7.63. The molecule has 21 heavy (non-hydrogen) atoms. The van der Waals surface area contributed by atoms with E-state index in [0.717, 1.165) is 30.7 Å². The van der Waals surface area contributed by atoms with Gasteiger partial charge in [0.25, 0.3) is 10.1 Å². The Hall–Kier alpha value is -0.660. The third-order valence-corrected chi connectivity index (χ3v) is 5.33. The zero-order valence-electron chi connectivity index (χ0n) is 14.0. The number of hydrogen-bond acceptors (Lipinski definition) is 4. The summed E-state index contributed by atoms with van der Waals surface area (Å²) in [6, 6.07) is 0. The van der Waals surface area contributed by atoms with Gasteiger partial charge in [-0.2, -0.15) is 8.42 Å². The molecule has 0 heterocycles. The monoisotopic (exact) mass is 323 g/mol. The summed E-state index contributed by atoms with van der Waals surface area (Å²) in [7, 11) is -2.19. The van der Waals surface area contributed by atoms with Gasteiger partial charge in [0.2, 0.25) is 5.91 Å². The van der Waals surface area contributed by atoms with Gasteiger partial charge in [-0.3, -0.25) is 8.98 Å². The van der Waals surface area contributed by atoms with Crippen LogP contribution in [0.5, 0.6) is 0 Å². The lowest BCUT2D eigenvalue weighted by Crippen LogP contribution is -2.52. The molecule has 0 aromatic rings. The van der Waals surface area contributed by atoms with Crippen LogP contribution >= 0.6 is 0 Å². The summed E-state index contributed by atoms with van der Waals surface area (Å²) in [5.74, 6) is 0.0891. The molecular formula is C14H31N2O4S+. The molecule has 0 aliphatic heterocycles. The number of quaternary nitrogens is 1. The van der Waals surface area contributed by atoms with Crippen molar-refractivity contribution < 1.29 is 21.9 Å². The zero-order valence-corrected chi connectivity index (χ0v) is 14.8. The number of amides is 1. The van der Waals surface area contributed by atoms with E-state index in [4.69, 9.17) is 0 Å². The second-order valence-corrected chi connectivity index (χ2v) is 7.51. The Morgan fingerprint density at radius 2 is 1.76 bits per heavy atom. The lowest BCUT2D eigenvalue weighted by molar-refractivity contribution is -0.923. The fourth-order valence-electron chi connectivity index (χ4n) is 2.25. The summed E-state index contributed by atoms with van der Waals surface area (Å²) in [5.41, 5.74) is 0. The van der Waals surface area contributed by atoms with Gasteiger partial charge in [-0.1, -0.05) is 13.8 Å². The van der Waals surface area contributed by atoms with Crippen LogP contribution in [0.15, 0.2) is 0 Å². The van der Waals surface area contributed by atoms with Crippen LogP contribution in [-0.2, 0) is 19.1 Å². The number of nitrogens with one attached hydrogen (secondary N) is 1. The van der Waals surface area contributed by atoms with Gasteiger partial charge in [0.15, 0.2) is 0 Å². The van der Waals surface area contributed by atoms with Crippen molar-refractivity contribution in [2.75, 3.05) is 45.6 Å². The highest BCUT2D eigenvalue weighted by Crippen LogP contribution is 2.09. The maximum atomic E-state index is 11.6. The fourth-order valence-corrected chi connectivity index (χ4v) is 2.90. The van der Waals surface area contributed by atoms with E-state index in [9.17, 15) is 13.2 Å². The molecule has 7 heteroatoms. The standard InChI is InChI=1S/C14H30N2O4S/c1-6-16(7-2,10-8-12-21(18,19)20-5)11-9-15-14(17)13(3)4/h13H,6-12H2,1-5H3/p+1.